The second-order valence-electron chi connectivity index (χ2n) is 11.1. The van der Waals surface area contributed by atoms with Gasteiger partial charge in [-0.15, -0.1) is 0 Å². The molecule has 0 aromatic carbocycles. The molecular weight excluding hydrogens is 524 g/mol. The van der Waals surface area contributed by atoms with Gasteiger partial charge in [0.2, 0.25) is 0 Å². The lowest BCUT2D eigenvalue weighted by molar-refractivity contribution is -0.163. The summed E-state index contributed by atoms with van der Waals surface area (Å²) in [6, 6.07) is 0.0698. The molecule has 4 atom stereocenters. The third-order valence-electron chi connectivity index (χ3n) is 7.15. The molecule has 0 unspecified atom stereocenters. The summed E-state index contributed by atoms with van der Waals surface area (Å²) in [7, 11) is 0. The highest BCUT2D eigenvalue weighted by molar-refractivity contribution is 9.10. The maximum Gasteiger partial charge on any atom is 0.410 e. The van der Waals surface area contributed by atoms with Gasteiger partial charge in [0.05, 0.1) is 17.5 Å². The van der Waals surface area contributed by atoms with Crippen LogP contribution in [-0.2, 0) is 14.2 Å². The Kier molecular flexibility index (Phi) is 6.15. The number of halogens is 2. The summed E-state index contributed by atoms with van der Waals surface area (Å²) >= 11 is 10.0. The van der Waals surface area contributed by atoms with Crippen LogP contribution in [0.15, 0.2) is 17.0 Å². The van der Waals surface area contributed by atoms with Crippen LogP contribution in [0.2, 0.25) is 5.15 Å². The van der Waals surface area contributed by atoms with Gasteiger partial charge < -0.3 is 23.7 Å². The van der Waals surface area contributed by atoms with E-state index in [0.29, 0.717) is 30.1 Å². The van der Waals surface area contributed by atoms with Crippen molar-refractivity contribution >= 4 is 44.7 Å². The van der Waals surface area contributed by atoms with Crippen LogP contribution in [-0.4, -0.2) is 62.2 Å². The van der Waals surface area contributed by atoms with Gasteiger partial charge >= 0.3 is 6.09 Å². The molecule has 2 aliphatic heterocycles. The van der Waals surface area contributed by atoms with Gasteiger partial charge in [-0.2, -0.15) is 0 Å². The molecule has 10 heteroatoms. The second-order valence-corrected chi connectivity index (χ2v) is 12.3. The van der Waals surface area contributed by atoms with Crippen LogP contribution in [0.25, 0.3) is 11.0 Å². The second kappa shape index (κ2) is 8.61. The van der Waals surface area contributed by atoms with E-state index in [0.717, 1.165) is 34.8 Å². The van der Waals surface area contributed by atoms with E-state index in [2.05, 4.69) is 30.5 Å². The van der Waals surface area contributed by atoms with Gasteiger partial charge in [-0.1, -0.05) is 11.6 Å². The minimum atomic E-state index is -0.643. The fraction of sp³-hybridized carbons (Fsp3) is 0.708. The maximum absolute atomic E-state index is 12.5. The van der Waals surface area contributed by atoms with Gasteiger partial charge in [0.25, 0.3) is 0 Å². The fourth-order valence-corrected chi connectivity index (χ4v) is 6.75. The molecule has 1 aliphatic carbocycles. The third kappa shape index (κ3) is 4.45. The Labute approximate surface area is 213 Å². The zero-order valence-electron chi connectivity index (χ0n) is 20.3. The summed E-state index contributed by atoms with van der Waals surface area (Å²) < 4.78 is 21.5. The van der Waals surface area contributed by atoms with Crippen LogP contribution in [0.5, 0.6) is 0 Å². The summed E-state index contributed by atoms with van der Waals surface area (Å²) in [5.41, 5.74) is 0.310. The Morgan fingerprint density at radius 3 is 2.56 bits per heavy atom. The van der Waals surface area contributed by atoms with Crippen molar-refractivity contribution in [2.45, 2.75) is 83.5 Å². The molecule has 1 amide bonds. The highest BCUT2D eigenvalue weighted by Crippen LogP contribution is 2.52. The van der Waals surface area contributed by atoms with E-state index >= 15 is 0 Å². The molecular formula is C24H32BrClN4O4. The van der Waals surface area contributed by atoms with Gasteiger partial charge in [-0.05, 0) is 81.6 Å². The predicted octanol–water partition coefficient (Wildman–Crippen LogP) is 5.58. The zero-order chi connectivity index (χ0) is 24.4. The molecule has 4 heterocycles. The number of hydrogen-bond acceptors (Lipinski definition) is 6. The van der Waals surface area contributed by atoms with Crippen LogP contribution in [0.4, 0.5) is 4.79 Å². The average molecular weight is 556 g/mol. The van der Waals surface area contributed by atoms with Crippen molar-refractivity contribution in [3.05, 3.63) is 22.1 Å². The zero-order valence-corrected chi connectivity index (χ0v) is 22.6. The molecule has 0 radical (unpaired) electrons. The smallest absolute Gasteiger partial charge is 0.410 e. The number of amides is 1. The first-order valence-corrected chi connectivity index (χ1v) is 13.1. The Bertz CT molecular complexity index is 1090. The highest BCUT2D eigenvalue weighted by Gasteiger charge is 2.56. The first kappa shape index (κ1) is 24.3. The van der Waals surface area contributed by atoms with Crippen molar-refractivity contribution in [1.29, 1.82) is 0 Å². The lowest BCUT2D eigenvalue weighted by Crippen LogP contribution is -2.44. The normalized spacial score (nSPS) is 29.6. The SMILES string of the molecule is CC(C)(C)OC(=O)N1CCC([C@H]2C[C@@H](n3cc(Br)c4c(Cl)ncnc43)[C@@H]3OC(C)(C)O[C@@H]32)CC1. The molecule has 0 N–H and O–H groups in total. The standard InChI is InChI=1S/C24H32BrClN4O4/c1-23(2,3)34-22(31)29-8-6-13(7-9-29)14-10-16(19-18(14)32-24(4,5)33-19)30-11-15(25)17-20(26)27-12-28-21(17)30/h11-14,16,18-19H,6-10H2,1-5H3/t14-,16-,18-,19+/m1/s1. The van der Waals surface area contributed by atoms with Gasteiger partial charge in [0, 0.05) is 23.8 Å². The van der Waals surface area contributed by atoms with Crippen molar-refractivity contribution < 1.29 is 19.0 Å². The predicted molar refractivity (Wildman–Crippen MR) is 132 cm³/mol. The number of carbonyl (C=O) groups is 1. The van der Waals surface area contributed by atoms with E-state index < -0.39 is 11.4 Å². The minimum absolute atomic E-state index is 0.00777. The number of rotatable bonds is 2. The van der Waals surface area contributed by atoms with Crippen molar-refractivity contribution in [3.8, 4) is 0 Å². The molecule has 3 aliphatic rings. The van der Waals surface area contributed by atoms with Gasteiger partial charge in [-0.25, -0.2) is 14.8 Å². The van der Waals surface area contributed by atoms with Crippen LogP contribution >= 0.6 is 27.5 Å². The summed E-state index contributed by atoms with van der Waals surface area (Å²) in [6.07, 6.45) is 5.98. The topological polar surface area (TPSA) is 78.7 Å². The summed E-state index contributed by atoms with van der Waals surface area (Å²) in [6.45, 7) is 11.1. The summed E-state index contributed by atoms with van der Waals surface area (Å²) in [5.74, 6) is 0.124. The van der Waals surface area contributed by atoms with Crippen LogP contribution in [0.3, 0.4) is 0 Å². The molecule has 1 saturated carbocycles. The number of piperidine rings is 1. The van der Waals surface area contributed by atoms with Crippen molar-refractivity contribution in [3.63, 3.8) is 0 Å². The van der Waals surface area contributed by atoms with Crippen molar-refractivity contribution in [2.24, 2.45) is 11.8 Å². The van der Waals surface area contributed by atoms with Crippen LogP contribution in [0.1, 0.15) is 59.9 Å². The first-order chi connectivity index (χ1) is 15.9. The Morgan fingerprint density at radius 2 is 1.88 bits per heavy atom. The lowest BCUT2D eigenvalue weighted by atomic mass is 9.82. The van der Waals surface area contributed by atoms with E-state index in [1.165, 1.54) is 6.33 Å². The van der Waals surface area contributed by atoms with Crippen molar-refractivity contribution in [1.82, 2.24) is 19.4 Å². The lowest BCUT2D eigenvalue weighted by Gasteiger charge is -2.37. The number of likely N-dealkylation sites (tertiary alicyclic amines) is 1. The largest absolute Gasteiger partial charge is 0.444 e. The molecule has 0 spiro atoms. The number of hydrogen-bond donors (Lipinski definition) is 0. The van der Waals surface area contributed by atoms with Crippen molar-refractivity contribution in [2.75, 3.05) is 13.1 Å². The molecule has 2 aromatic heterocycles. The van der Waals surface area contributed by atoms with E-state index in [-0.39, 0.29) is 24.3 Å². The molecule has 0 bridgehead atoms. The summed E-state index contributed by atoms with van der Waals surface area (Å²) in [5, 5.41) is 1.24. The quantitative estimate of drug-likeness (QED) is 0.451. The first-order valence-electron chi connectivity index (χ1n) is 11.9. The Hall–Kier alpha value is -1.42. The molecule has 2 saturated heterocycles. The van der Waals surface area contributed by atoms with E-state index in [4.69, 9.17) is 25.8 Å². The highest BCUT2D eigenvalue weighted by atomic mass is 79.9. The number of aromatic nitrogens is 3. The fourth-order valence-electron chi connectivity index (χ4n) is 5.82. The molecule has 3 fully saturated rings. The minimum Gasteiger partial charge on any atom is -0.444 e. The summed E-state index contributed by atoms with van der Waals surface area (Å²) in [4.78, 5) is 23.0. The van der Waals surface area contributed by atoms with Crippen LogP contribution in [0, 0.1) is 11.8 Å². The maximum atomic E-state index is 12.5. The molecule has 5 rings (SSSR count). The van der Waals surface area contributed by atoms with E-state index in [1.54, 1.807) is 0 Å². The number of carbonyl (C=O) groups excluding carboxylic acids is 1. The molecule has 186 valence electrons. The van der Waals surface area contributed by atoms with Gasteiger partial charge in [0.1, 0.15) is 28.8 Å². The van der Waals surface area contributed by atoms with E-state index in [1.807, 2.05) is 45.7 Å². The van der Waals surface area contributed by atoms with E-state index in [9.17, 15) is 4.79 Å². The van der Waals surface area contributed by atoms with Crippen LogP contribution < -0.4 is 0 Å². The molecule has 34 heavy (non-hydrogen) atoms. The van der Waals surface area contributed by atoms with Gasteiger partial charge in [-0.3, -0.25) is 0 Å². The van der Waals surface area contributed by atoms with Gasteiger partial charge in [0.15, 0.2) is 5.79 Å². The Balaban J connectivity index is 1.37. The molecule has 8 nitrogen and oxygen atoms in total. The monoisotopic (exact) mass is 554 g/mol. The number of nitrogens with zero attached hydrogens (tertiary/aromatic N) is 4. The Morgan fingerprint density at radius 1 is 1.21 bits per heavy atom. The third-order valence-corrected chi connectivity index (χ3v) is 8.04. The number of ether oxygens (including phenoxy) is 3. The number of fused-ring (bicyclic) bond motifs is 2. The molecule has 2 aromatic rings. The average Bonchev–Trinajstić information content (AvgIpc) is 3.35.